The summed E-state index contributed by atoms with van der Waals surface area (Å²) in [5, 5.41) is 3.31. The van der Waals surface area contributed by atoms with E-state index in [1.807, 2.05) is 24.3 Å². The molecule has 1 aliphatic rings. The van der Waals surface area contributed by atoms with Gasteiger partial charge in [-0.1, -0.05) is 23.7 Å². The first-order valence-electron chi connectivity index (χ1n) is 5.54. The zero-order valence-electron chi connectivity index (χ0n) is 9.65. The van der Waals surface area contributed by atoms with Crippen LogP contribution in [-0.4, -0.2) is 37.7 Å². The second kappa shape index (κ2) is 5.38. The second-order valence-corrected chi connectivity index (χ2v) is 4.35. The fourth-order valence-corrected chi connectivity index (χ4v) is 2.10. The van der Waals surface area contributed by atoms with Crippen molar-refractivity contribution in [2.24, 2.45) is 0 Å². The summed E-state index contributed by atoms with van der Waals surface area (Å²) in [4.78, 5) is 13.3. The van der Waals surface area contributed by atoms with E-state index in [1.165, 1.54) is 0 Å². The molecule has 1 aromatic carbocycles. The number of benzene rings is 1. The highest BCUT2D eigenvalue weighted by molar-refractivity contribution is 6.30. The van der Waals surface area contributed by atoms with Gasteiger partial charge in [-0.15, -0.1) is 0 Å². The van der Waals surface area contributed by atoms with E-state index in [2.05, 4.69) is 5.32 Å². The average molecular weight is 255 g/mol. The SMILES string of the molecule is CNC(=O)N1CCOC(c2cccc(Cl)c2)C1. The molecule has 1 N–H and O–H groups in total. The monoisotopic (exact) mass is 254 g/mol. The second-order valence-electron chi connectivity index (χ2n) is 3.92. The number of halogens is 1. The highest BCUT2D eigenvalue weighted by atomic mass is 35.5. The van der Waals surface area contributed by atoms with Gasteiger partial charge in [-0.2, -0.15) is 0 Å². The highest BCUT2D eigenvalue weighted by Gasteiger charge is 2.24. The Morgan fingerprint density at radius 2 is 2.41 bits per heavy atom. The number of rotatable bonds is 1. The topological polar surface area (TPSA) is 41.6 Å². The van der Waals surface area contributed by atoms with Crippen molar-refractivity contribution in [2.75, 3.05) is 26.7 Å². The molecule has 1 atom stereocenters. The molecule has 0 aromatic heterocycles. The number of urea groups is 1. The van der Waals surface area contributed by atoms with Gasteiger partial charge < -0.3 is 15.0 Å². The van der Waals surface area contributed by atoms with E-state index in [0.29, 0.717) is 24.7 Å². The first-order chi connectivity index (χ1) is 8.20. The van der Waals surface area contributed by atoms with Crippen LogP contribution in [0.4, 0.5) is 4.79 Å². The molecule has 1 heterocycles. The van der Waals surface area contributed by atoms with Gasteiger partial charge in [-0.05, 0) is 17.7 Å². The van der Waals surface area contributed by atoms with Crippen molar-refractivity contribution < 1.29 is 9.53 Å². The molecule has 1 aliphatic heterocycles. The summed E-state index contributed by atoms with van der Waals surface area (Å²) in [5.74, 6) is 0. The Bertz CT molecular complexity index is 411. The molecule has 1 aromatic rings. The van der Waals surface area contributed by atoms with Gasteiger partial charge in [0.2, 0.25) is 0 Å². The van der Waals surface area contributed by atoms with Crippen LogP contribution in [0.5, 0.6) is 0 Å². The van der Waals surface area contributed by atoms with E-state index in [1.54, 1.807) is 11.9 Å². The van der Waals surface area contributed by atoms with Crippen molar-refractivity contribution in [1.82, 2.24) is 10.2 Å². The van der Waals surface area contributed by atoms with Crippen molar-refractivity contribution in [3.8, 4) is 0 Å². The predicted octanol–water partition coefficient (Wildman–Crippen LogP) is 2.05. The summed E-state index contributed by atoms with van der Waals surface area (Å²) in [6.07, 6.45) is -0.0975. The van der Waals surface area contributed by atoms with Gasteiger partial charge in [0.15, 0.2) is 0 Å². The van der Waals surface area contributed by atoms with Crippen LogP contribution >= 0.6 is 11.6 Å². The van der Waals surface area contributed by atoms with Crippen LogP contribution in [0.15, 0.2) is 24.3 Å². The van der Waals surface area contributed by atoms with E-state index in [-0.39, 0.29) is 12.1 Å². The van der Waals surface area contributed by atoms with E-state index >= 15 is 0 Å². The maximum atomic E-state index is 11.5. The third-order valence-corrected chi connectivity index (χ3v) is 3.02. The number of hydrogen-bond acceptors (Lipinski definition) is 2. The van der Waals surface area contributed by atoms with Crippen molar-refractivity contribution in [3.63, 3.8) is 0 Å². The van der Waals surface area contributed by atoms with Crippen molar-refractivity contribution in [3.05, 3.63) is 34.9 Å². The molecule has 0 saturated carbocycles. The summed E-state index contributed by atoms with van der Waals surface area (Å²) < 4.78 is 5.66. The van der Waals surface area contributed by atoms with E-state index in [9.17, 15) is 4.79 Å². The number of morpholine rings is 1. The number of nitrogens with zero attached hydrogens (tertiary/aromatic N) is 1. The zero-order chi connectivity index (χ0) is 12.3. The fourth-order valence-electron chi connectivity index (χ4n) is 1.90. The third-order valence-electron chi connectivity index (χ3n) is 2.79. The smallest absolute Gasteiger partial charge is 0.317 e. The molecule has 0 aliphatic carbocycles. The molecule has 5 heteroatoms. The molecule has 92 valence electrons. The van der Waals surface area contributed by atoms with Crippen LogP contribution in [0.3, 0.4) is 0 Å². The molecule has 4 nitrogen and oxygen atoms in total. The van der Waals surface area contributed by atoms with Gasteiger partial charge in [0.05, 0.1) is 13.2 Å². The van der Waals surface area contributed by atoms with Crippen LogP contribution in [0.2, 0.25) is 5.02 Å². The van der Waals surface area contributed by atoms with Crippen molar-refractivity contribution in [2.45, 2.75) is 6.10 Å². The largest absolute Gasteiger partial charge is 0.370 e. The zero-order valence-corrected chi connectivity index (χ0v) is 10.4. The molecule has 0 radical (unpaired) electrons. The maximum Gasteiger partial charge on any atom is 0.317 e. The fraction of sp³-hybridized carbons (Fsp3) is 0.417. The van der Waals surface area contributed by atoms with Crippen LogP contribution in [-0.2, 0) is 4.74 Å². The molecule has 0 bridgehead atoms. The quantitative estimate of drug-likeness (QED) is 0.834. The third kappa shape index (κ3) is 2.90. The lowest BCUT2D eigenvalue weighted by atomic mass is 10.1. The van der Waals surface area contributed by atoms with Crippen LogP contribution in [0, 0.1) is 0 Å². The molecule has 17 heavy (non-hydrogen) atoms. The van der Waals surface area contributed by atoms with E-state index < -0.39 is 0 Å². The number of nitrogens with one attached hydrogen (secondary N) is 1. The van der Waals surface area contributed by atoms with Crippen LogP contribution in [0.25, 0.3) is 0 Å². The highest BCUT2D eigenvalue weighted by Crippen LogP contribution is 2.24. The first kappa shape index (κ1) is 12.2. The van der Waals surface area contributed by atoms with E-state index in [4.69, 9.17) is 16.3 Å². The minimum atomic E-state index is -0.0975. The van der Waals surface area contributed by atoms with E-state index in [0.717, 1.165) is 5.56 Å². The summed E-state index contributed by atoms with van der Waals surface area (Å²) in [7, 11) is 1.63. The molecular weight excluding hydrogens is 240 g/mol. The summed E-state index contributed by atoms with van der Waals surface area (Å²) >= 11 is 5.94. The molecule has 0 spiro atoms. The van der Waals surface area contributed by atoms with Crippen LogP contribution in [0.1, 0.15) is 11.7 Å². The molecule has 2 rings (SSSR count). The predicted molar refractivity (Wildman–Crippen MR) is 66.2 cm³/mol. The number of carbonyl (C=O) groups excluding carboxylic acids is 1. The molecule has 1 unspecified atom stereocenters. The lowest BCUT2D eigenvalue weighted by Crippen LogP contribution is -2.46. The molecule has 1 saturated heterocycles. The molecule has 2 amide bonds. The molecular formula is C12H15ClN2O2. The van der Waals surface area contributed by atoms with Gasteiger partial charge >= 0.3 is 6.03 Å². The Hall–Kier alpha value is -1.26. The van der Waals surface area contributed by atoms with Gasteiger partial charge in [0.1, 0.15) is 6.10 Å². The minimum absolute atomic E-state index is 0.0691. The normalized spacial score (nSPS) is 20.1. The lowest BCUT2D eigenvalue weighted by molar-refractivity contribution is -0.0151. The average Bonchev–Trinajstić information content (AvgIpc) is 2.38. The summed E-state index contributed by atoms with van der Waals surface area (Å²) in [6, 6.07) is 7.48. The Morgan fingerprint density at radius 1 is 1.59 bits per heavy atom. The number of amides is 2. The summed E-state index contributed by atoms with van der Waals surface area (Å²) in [6.45, 7) is 1.72. The summed E-state index contributed by atoms with van der Waals surface area (Å²) in [5.41, 5.74) is 1.01. The standard InChI is InChI=1S/C12H15ClN2O2/c1-14-12(16)15-5-6-17-11(8-15)9-3-2-4-10(13)7-9/h2-4,7,11H,5-6,8H2,1H3,(H,14,16). The lowest BCUT2D eigenvalue weighted by Gasteiger charge is -2.32. The van der Waals surface area contributed by atoms with Crippen molar-refractivity contribution >= 4 is 17.6 Å². The Morgan fingerprint density at radius 3 is 3.12 bits per heavy atom. The van der Waals surface area contributed by atoms with Gasteiger partial charge in [0.25, 0.3) is 0 Å². The van der Waals surface area contributed by atoms with Gasteiger partial charge in [0, 0.05) is 18.6 Å². The Labute approximate surface area is 106 Å². The van der Waals surface area contributed by atoms with Crippen LogP contribution < -0.4 is 5.32 Å². The number of ether oxygens (including phenoxy) is 1. The minimum Gasteiger partial charge on any atom is -0.370 e. The number of carbonyl (C=O) groups is 1. The van der Waals surface area contributed by atoms with Gasteiger partial charge in [-0.3, -0.25) is 0 Å². The van der Waals surface area contributed by atoms with Gasteiger partial charge in [-0.25, -0.2) is 4.79 Å². The maximum absolute atomic E-state index is 11.5. The van der Waals surface area contributed by atoms with Crippen molar-refractivity contribution in [1.29, 1.82) is 0 Å². The number of hydrogen-bond donors (Lipinski definition) is 1. The first-order valence-corrected chi connectivity index (χ1v) is 5.92. The Kier molecular flexibility index (Phi) is 3.86. The molecule has 1 fully saturated rings. The Balaban J connectivity index is 2.09.